The number of hydrogen-bond donors (Lipinski definition) is 2. The van der Waals surface area contributed by atoms with Crippen LogP contribution in [-0.4, -0.2) is 50.1 Å². The highest BCUT2D eigenvalue weighted by atomic mass is 35.5. The van der Waals surface area contributed by atoms with E-state index < -0.39 is 6.17 Å². The van der Waals surface area contributed by atoms with Crippen molar-refractivity contribution in [2.75, 3.05) is 37.0 Å². The third-order valence-corrected chi connectivity index (χ3v) is 6.36. The lowest BCUT2D eigenvalue weighted by Gasteiger charge is -2.22. The summed E-state index contributed by atoms with van der Waals surface area (Å²) >= 11 is 11.8. The number of carbonyl (C=O) groups excluding carboxylic acids is 1. The molecule has 4 rings (SSSR count). The molecule has 0 spiro atoms. The molecule has 1 amide bonds. The van der Waals surface area contributed by atoms with Crippen LogP contribution in [0.1, 0.15) is 17.5 Å². The Morgan fingerprint density at radius 1 is 1.09 bits per heavy atom. The van der Waals surface area contributed by atoms with E-state index in [1.807, 2.05) is 60.7 Å². The van der Waals surface area contributed by atoms with E-state index in [-0.39, 0.29) is 5.91 Å². The largest absolute Gasteiger partial charge is 0.375 e. The molecule has 0 aliphatic carbocycles. The van der Waals surface area contributed by atoms with Crippen LogP contribution in [0.25, 0.3) is 0 Å². The first kappa shape index (κ1) is 24.7. The number of carbonyl (C=O) groups is 1. The van der Waals surface area contributed by atoms with Gasteiger partial charge in [0.2, 0.25) is 6.17 Å². The van der Waals surface area contributed by atoms with Crippen molar-refractivity contribution < 1.29 is 4.79 Å². The summed E-state index contributed by atoms with van der Waals surface area (Å²) in [6, 6.07) is 25.5. The summed E-state index contributed by atoms with van der Waals surface area (Å²) < 4.78 is 0. The van der Waals surface area contributed by atoms with Crippen LogP contribution in [0.5, 0.6) is 0 Å². The summed E-state index contributed by atoms with van der Waals surface area (Å²) in [4.78, 5) is 21.9. The molecule has 3 aromatic rings. The minimum Gasteiger partial charge on any atom is -0.375 e. The van der Waals surface area contributed by atoms with Crippen molar-refractivity contribution >= 4 is 51.9 Å². The number of para-hydroxylation sites is 1. The number of nitrogens with one attached hydrogen (secondary N) is 2. The van der Waals surface area contributed by atoms with Crippen LogP contribution in [0.2, 0.25) is 5.02 Å². The highest BCUT2D eigenvalue weighted by Crippen LogP contribution is 2.29. The summed E-state index contributed by atoms with van der Waals surface area (Å²) in [7, 11) is 3.80. The molecule has 1 atom stereocenters. The van der Waals surface area contributed by atoms with Crippen LogP contribution >= 0.6 is 23.8 Å². The van der Waals surface area contributed by atoms with Crippen LogP contribution in [0, 0.1) is 0 Å². The van der Waals surface area contributed by atoms with Gasteiger partial charge in [0.25, 0.3) is 5.91 Å². The Bertz CT molecular complexity index is 1220. The van der Waals surface area contributed by atoms with E-state index in [1.165, 1.54) is 5.69 Å². The Kier molecular flexibility index (Phi) is 8.00. The molecular formula is C27H28ClN5OS. The van der Waals surface area contributed by atoms with Crippen molar-refractivity contribution in [3.8, 4) is 0 Å². The van der Waals surface area contributed by atoms with E-state index in [0.717, 1.165) is 29.8 Å². The van der Waals surface area contributed by atoms with Gasteiger partial charge in [0.1, 0.15) is 0 Å². The zero-order chi connectivity index (χ0) is 24.8. The van der Waals surface area contributed by atoms with E-state index in [1.54, 1.807) is 18.0 Å². The van der Waals surface area contributed by atoms with Gasteiger partial charge in [0.05, 0.1) is 11.4 Å². The number of rotatable bonds is 7. The maximum absolute atomic E-state index is 13.3. The molecule has 2 N–H and O–H groups in total. The lowest BCUT2D eigenvalue weighted by atomic mass is 10.0. The first-order valence-corrected chi connectivity index (χ1v) is 12.2. The number of fused-ring (bicyclic) bond motifs is 1. The molecule has 0 radical (unpaired) electrons. The third-order valence-electron chi connectivity index (χ3n) is 5.87. The van der Waals surface area contributed by atoms with E-state index in [0.29, 0.717) is 22.4 Å². The number of benzene rings is 3. The standard InChI is InChI=1S/C27H28ClN5OS/c1-32(21-12-7-4-8-13-21)17-9-16-29-27(35)31-25-26(34)33(2)23-15-14-20(28)18-22(23)24(30-25)19-10-5-3-6-11-19/h3-8,10-15,18,25H,9,16-17H2,1-2H3,(H2,29,31,35). The molecule has 0 fully saturated rings. The SMILES string of the molecule is CN(CCCNC(=S)NC1N=C(c2ccccc2)c2cc(Cl)ccc2N(C)C1=O)c1ccccc1. The van der Waals surface area contributed by atoms with Crippen LogP contribution in [0.4, 0.5) is 11.4 Å². The molecule has 8 heteroatoms. The molecule has 1 aliphatic heterocycles. The molecule has 1 aliphatic rings. The Balaban J connectivity index is 1.46. The highest BCUT2D eigenvalue weighted by Gasteiger charge is 2.30. The summed E-state index contributed by atoms with van der Waals surface area (Å²) in [5.74, 6) is -0.201. The van der Waals surface area contributed by atoms with Crippen LogP contribution in [-0.2, 0) is 4.79 Å². The van der Waals surface area contributed by atoms with Crippen molar-refractivity contribution in [1.82, 2.24) is 10.6 Å². The molecule has 0 saturated carbocycles. The van der Waals surface area contributed by atoms with Crippen LogP contribution in [0.15, 0.2) is 83.9 Å². The number of thiocarbonyl (C=S) groups is 1. The fraction of sp³-hybridized carbons (Fsp3) is 0.222. The zero-order valence-electron chi connectivity index (χ0n) is 19.7. The fourth-order valence-electron chi connectivity index (χ4n) is 3.97. The average Bonchev–Trinajstić information content (AvgIpc) is 2.98. The van der Waals surface area contributed by atoms with Crippen molar-refractivity contribution in [2.24, 2.45) is 4.99 Å². The van der Waals surface area contributed by atoms with Gasteiger partial charge in [-0.25, -0.2) is 4.99 Å². The lowest BCUT2D eigenvalue weighted by Crippen LogP contribution is -2.49. The van der Waals surface area contributed by atoms with Gasteiger partial charge in [-0.3, -0.25) is 4.79 Å². The lowest BCUT2D eigenvalue weighted by molar-refractivity contribution is -0.119. The molecule has 180 valence electrons. The smallest absolute Gasteiger partial charge is 0.272 e. The average molecular weight is 506 g/mol. The van der Waals surface area contributed by atoms with E-state index in [9.17, 15) is 4.79 Å². The molecular weight excluding hydrogens is 478 g/mol. The number of nitrogens with zero attached hydrogens (tertiary/aromatic N) is 3. The van der Waals surface area contributed by atoms with Crippen molar-refractivity contribution in [3.63, 3.8) is 0 Å². The number of halogens is 1. The van der Waals surface area contributed by atoms with Crippen molar-refractivity contribution in [2.45, 2.75) is 12.6 Å². The molecule has 0 bridgehead atoms. The molecule has 1 unspecified atom stereocenters. The predicted molar refractivity (Wildman–Crippen MR) is 149 cm³/mol. The highest BCUT2D eigenvalue weighted by molar-refractivity contribution is 7.80. The minimum absolute atomic E-state index is 0.201. The normalized spacial score (nSPS) is 15.1. The molecule has 1 heterocycles. The molecule has 3 aromatic carbocycles. The summed E-state index contributed by atoms with van der Waals surface area (Å²) in [5.41, 5.74) is 4.29. The van der Waals surface area contributed by atoms with Crippen LogP contribution in [0.3, 0.4) is 0 Å². The number of benzodiazepines with no additional fused rings is 1. The second-order valence-corrected chi connectivity index (χ2v) is 9.16. The van der Waals surface area contributed by atoms with Gasteiger partial charge in [-0.15, -0.1) is 0 Å². The van der Waals surface area contributed by atoms with Gasteiger partial charge in [-0.1, -0.05) is 60.1 Å². The first-order valence-electron chi connectivity index (χ1n) is 11.5. The van der Waals surface area contributed by atoms with Gasteiger partial charge in [-0.05, 0) is 49.0 Å². The Morgan fingerprint density at radius 2 is 1.77 bits per heavy atom. The summed E-state index contributed by atoms with van der Waals surface area (Å²) in [6.07, 6.45) is 0.0159. The van der Waals surface area contributed by atoms with Gasteiger partial charge in [0.15, 0.2) is 5.11 Å². The molecule has 0 aromatic heterocycles. The number of amides is 1. The number of anilines is 2. The quantitative estimate of drug-likeness (QED) is 0.366. The second kappa shape index (κ2) is 11.3. The molecule has 35 heavy (non-hydrogen) atoms. The van der Waals surface area contributed by atoms with Gasteiger partial charge < -0.3 is 20.4 Å². The summed E-state index contributed by atoms with van der Waals surface area (Å²) in [6.45, 7) is 1.54. The maximum Gasteiger partial charge on any atom is 0.272 e. The number of likely N-dealkylation sites (N-methyl/N-ethyl adjacent to an activating group) is 1. The molecule has 6 nitrogen and oxygen atoms in total. The molecule has 0 saturated heterocycles. The van der Waals surface area contributed by atoms with Crippen molar-refractivity contribution in [3.05, 3.63) is 95.0 Å². The Morgan fingerprint density at radius 3 is 2.49 bits per heavy atom. The van der Waals surface area contributed by atoms with Gasteiger partial charge >= 0.3 is 0 Å². The number of hydrogen-bond acceptors (Lipinski definition) is 4. The third kappa shape index (κ3) is 5.99. The second-order valence-electron chi connectivity index (χ2n) is 8.32. The predicted octanol–water partition coefficient (Wildman–Crippen LogP) is 4.47. The topological polar surface area (TPSA) is 60.0 Å². The Labute approximate surface area is 216 Å². The van der Waals surface area contributed by atoms with Crippen molar-refractivity contribution in [1.29, 1.82) is 0 Å². The van der Waals surface area contributed by atoms with Crippen LogP contribution < -0.4 is 20.4 Å². The van der Waals surface area contributed by atoms with Gasteiger partial charge in [0, 0.05) is 49.0 Å². The first-order chi connectivity index (χ1) is 16.9. The fourth-order valence-corrected chi connectivity index (χ4v) is 4.36. The minimum atomic E-state index is -0.867. The summed E-state index contributed by atoms with van der Waals surface area (Å²) in [5, 5.41) is 7.28. The van der Waals surface area contributed by atoms with E-state index in [2.05, 4.69) is 34.7 Å². The number of aliphatic imine (C=N–C) groups is 1. The monoisotopic (exact) mass is 505 g/mol. The zero-order valence-corrected chi connectivity index (χ0v) is 21.3. The van der Waals surface area contributed by atoms with E-state index >= 15 is 0 Å². The van der Waals surface area contributed by atoms with Gasteiger partial charge in [-0.2, -0.15) is 0 Å². The van der Waals surface area contributed by atoms with E-state index in [4.69, 9.17) is 28.8 Å². The Hall–Kier alpha value is -3.42. The maximum atomic E-state index is 13.3.